The zero-order valence-electron chi connectivity index (χ0n) is 14.7. The van der Waals surface area contributed by atoms with Gasteiger partial charge >= 0.3 is 0 Å². The lowest BCUT2D eigenvalue weighted by atomic mass is 10.1. The summed E-state index contributed by atoms with van der Waals surface area (Å²) in [5.41, 5.74) is 0.297. The van der Waals surface area contributed by atoms with Crippen molar-refractivity contribution in [1.29, 1.82) is 0 Å². The van der Waals surface area contributed by atoms with Crippen molar-refractivity contribution in [3.8, 4) is 0 Å². The number of hydrogen-bond acceptors (Lipinski definition) is 4. The minimum absolute atomic E-state index is 0.0589. The highest BCUT2D eigenvalue weighted by molar-refractivity contribution is 5.95. The summed E-state index contributed by atoms with van der Waals surface area (Å²) in [5, 5.41) is 0. The number of nitrogens with zero attached hydrogens (tertiary/aromatic N) is 2. The molecule has 1 fully saturated rings. The summed E-state index contributed by atoms with van der Waals surface area (Å²) in [6.07, 6.45) is 0.871. The van der Waals surface area contributed by atoms with Crippen LogP contribution in [-0.2, 0) is 4.74 Å². The number of carbonyl (C=O) groups is 1. The third-order valence-electron chi connectivity index (χ3n) is 3.98. The summed E-state index contributed by atoms with van der Waals surface area (Å²) in [5.74, 6) is 0.953. The molecule has 0 unspecified atom stereocenters. The molecule has 6 nitrogen and oxygen atoms in total. The summed E-state index contributed by atoms with van der Waals surface area (Å²) in [6, 6.07) is 0. The van der Waals surface area contributed by atoms with Crippen LogP contribution < -0.4 is 5.56 Å². The van der Waals surface area contributed by atoms with Gasteiger partial charge in [-0.1, -0.05) is 27.7 Å². The minimum Gasteiger partial charge on any atom is -0.376 e. The predicted octanol–water partition coefficient (Wildman–Crippen LogP) is 2.09. The van der Waals surface area contributed by atoms with Crippen molar-refractivity contribution >= 4 is 5.91 Å². The molecule has 6 heteroatoms. The number of aromatic nitrogens is 2. The molecule has 1 aliphatic heterocycles. The lowest BCUT2D eigenvalue weighted by molar-refractivity contribution is 0.0396. The van der Waals surface area contributed by atoms with E-state index in [2.05, 4.69) is 23.8 Å². The van der Waals surface area contributed by atoms with E-state index >= 15 is 0 Å². The van der Waals surface area contributed by atoms with Crippen molar-refractivity contribution in [3.05, 3.63) is 27.4 Å². The maximum Gasteiger partial charge on any atom is 0.264 e. The molecule has 1 aromatic heterocycles. The molecule has 0 aromatic carbocycles. The minimum atomic E-state index is -0.349. The topological polar surface area (TPSA) is 75.3 Å². The number of amides is 1. The molecule has 128 valence electrons. The van der Waals surface area contributed by atoms with Gasteiger partial charge in [0, 0.05) is 25.6 Å². The molecule has 1 N–H and O–H groups in total. The second-order valence-corrected chi connectivity index (χ2v) is 6.96. The normalized spacial score (nSPS) is 18.2. The molecule has 0 saturated carbocycles. The van der Waals surface area contributed by atoms with Crippen molar-refractivity contribution in [2.45, 2.75) is 53.1 Å². The number of likely N-dealkylation sites (tertiary alicyclic amines) is 1. The zero-order chi connectivity index (χ0) is 17.1. The first-order valence-electron chi connectivity index (χ1n) is 8.31. The average Bonchev–Trinajstić information content (AvgIpc) is 2.92. The molecule has 0 radical (unpaired) electrons. The van der Waals surface area contributed by atoms with E-state index in [0.717, 1.165) is 6.42 Å². The summed E-state index contributed by atoms with van der Waals surface area (Å²) in [6.45, 7) is 11.7. The van der Waals surface area contributed by atoms with Crippen LogP contribution in [0.1, 0.15) is 61.9 Å². The number of ether oxygens (including phenoxy) is 1. The molecule has 23 heavy (non-hydrogen) atoms. The first-order valence-corrected chi connectivity index (χ1v) is 8.31. The van der Waals surface area contributed by atoms with Gasteiger partial charge in [-0.05, 0) is 19.3 Å². The van der Waals surface area contributed by atoms with E-state index in [1.165, 1.54) is 0 Å². The van der Waals surface area contributed by atoms with Crippen molar-refractivity contribution < 1.29 is 9.53 Å². The molecule has 0 aliphatic carbocycles. The molecule has 2 heterocycles. The fourth-order valence-corrected chi connectivity index (χ4v) is 2.67. The van der Waals surface area contributed by atoms with Crippen LogP contribution in [0.3, 0.4) is 0 Å². The molecular weight excluding hydrogens is 294 g/mol. The van der Waals surface area contributed by atoms with Gasteiger partial charge in [0.25, 0.3) is 11.5 Å². The maximum absolute atomic E-state index is 12.7. The van der Waals surface area contributed by atoms with Gasteiger partial charge in [-0.25, -0.2) is 4.98 Å². The van der Waals surface area contributed by atoms with Gasteiger partial charge in [-0.15, -0.1) is 0 Å². The SMILES string of the molecule is Cc1nc(C(C)C)[nH]c(=O)c1C(=O)N1CC[C@H](OCC(C)C)C1. The van der Waals surface area contributed by atoms with E-state index in [-0.39, 0.29) is 29.1 Å². The van der Waals surface area contributed by atoms with Crippen LogP contribution in [0.25, 0.3) is 0 Å². The van der Waals surface area contributed by atoms with Crippen LogP contribution in [0, 0.1) is 12.8 Å². The standard InChI is InChI=1S/C17H27N3O3/c1-10(2)9-23-13-6-7-20(8-13)17(22)14-12(5)18-15(11(3)4)19-16(14)21/h10-11,13H,6-9H2,1-5H3,(H,18,19,21)/t13-/m0/s1. The van der Waals surface area contributed by atoms with Crippen LogP contribution in [0.4, 0.5) is 0 Å². The molecule has 0 bridgehead atoms. The lowest BCUT2D eigenvalue weighted by Crippen LogP contribution is -2.36. The Kier molecular flexibility index (Phi) is 5.57. The maximum atomic E-state index is 12.7. The Morgan fingerprint density at radius 2 is 2.09 bits per heavy atom. The van der Waals surface area contributed by atoms with Crippen molar-refractivity contribution in [2.75, 3.05) is 19.7 Å². The van der Waals surface area contributed by atoms with Crippen molar-refractivity contribution in [2.24, 2.45) is 5.92 Å². The van der Waals surface area contributed by atoms with E-state index < -0.39 is 0 Å². The van der Waals surface area contributed by atoms with Gasteiger partial charge in [0.1, 0.15) is 11.4 Å². The quantitative estimate of drug-likeness (QED) is 0.901. The number of carbonyl (C=O) groups excluding carboxylic acids is 1. The molecule has 1 amide bonds. The predicted molar refractivity (Wildman–Crippen MR) is 88.8 cm³/mol. The fourth-order valence-electron chi connectivity index (χ4n) is 2.67. The van der Waals surface area contributed by atoms with Gasteiger partial charge in [0.05, 0.1) is 11.8 Å². The van der Waals surface area contributed by atoms with Crippen LogP contribution in [-0.4, -0.2) is 46.6 Å². The number of aromatic amines is 1. The third kappa shape index (κ3) is 4.19. The van der Waals surface area contributed by atoms with Crippen LogP contribution >= 0.6 is 0 Å². The second kappa shape index (κ2) is 7.25. The monoisotopic (exact) mass is 321 g/mol. The Morgan fingerprint density at radius 1 is 1.39 bits per heavy atom. The number of H-pyrrole nitrogens is 1. The summed E-state index contributed by atoms with van der Waals surface area (Å²) in [7, 11) is 0. The molecule has 0 spiro atoms. The van der Waals surface area contributed by atoms with Gasteiger partial charge in [0.2, 0.25) is 0 Å². The largest absolute Gasteiger partial charge is 0.376 e. The number of aryl methyl sites for hydroxylation is 1. The van der Waals surface area contributed by atoms with Crippen LogP contribution in [0.5, 0.6) is 0 Å². The lowest BCUT2D eigenvalue weighted by Gasteiger charge is -2.18. The van der Waals surface area contributed by atoms with Crippen molar-refractivity contribution in [3.63, 3.8) is 0 Å². The Labute approximate surface area is 137 Å². The molecule has 2 rings (SSSR count). The van der Waals surface area contributed by atoms with Crippen LogP contribution in [0.15, 0.2) is 4.79 Å². The van der Waals surface area contributed by atoms with E-state index in [0.29, 0.717) is 37.1 Å². The molecule has 1 aliphatic rings. The van der Waals surface area contributed by atoms with Gasteiger partial charge < -0.3 is 14.6 Å². The van der Waals surface area contributed by atoms with Crippen LogP contribution in [0.2, 0.25) is 0 Å². The van der Waals surface area contributed by atoms with E-state index in [1.54, 1.807) is 11.8 Å². The summed E-state index contributed by atoms with van der Waals surface area (Å²) >= 11 is 0. The van der Waals surface area contributed by atoms with E-state index in [4.69, 9.17) is 4.74 Å². The number of nitrogens with one attached hydrogen (secondary N) is 1. The smallest absolute Gasteiger partial charge is 0.264 e. The number of hydrogen-bond donors (Lipinski definition) is 1. The van der Waals surface area contributed by atoms with Gasteiger partial charge in [-0.2, -0.15) is 0 Å². The zero-order valence-corrected chi connectivity index (χ0v) is 14.7. The molecule has 1 saturated heterocycles. The molecule has 1 atom stereocenters. The second-order valence-electron chi connectivity index (χ2n) is 6.96. The Bertz CT molecular complexity index is 622. The summed E-state index contributed by atoms with van der Waals surface area (Å²) in [4.78, 5) is 33.7. The fraction of sp³-hybridized carbons (Fsp3) is 0.706. The average molecular weight is 321 g/mol. The third-order valence-corrected chi connectivity index (χ3v) is 3.98. The Hall–Kier alpha value is -1.69. The number of rotatable bonds is 5. The highest BCUT2D eigenvalue weighted by Crippen LogP contribution is 2.17. The summed E-state index contributed by atoms with van der Waals surface area (Å²) < 4.78 is 5.80. The first-order chi connectivity index (χ1) is 10.8. The van der Waals surface area contributed by atoms with E-state index in [1.807, 2.05) is 13.8 Å². The van der Waals surface area contributed by atoms with Crippen molar-refractivity contribution in [1.82, 2.24) is 14.9 Å². The first kappa shape index (κ1) is 17.7. The van der Waals surface area contributed by atoms with Gasteiger partial charge in [0.15, 0.2) is 0 Å². The molecular formula is C17H27N3O3. The van der Waals surface area contributed by atoms with Gasteiger partial charge in [-0.3, -0.25) is 9.59 Å². The molecule has 1 aromatic rings. The highest BCUT2D eigenvalue weighted by atomic mass is 16.5. The highest BCUT2D eigenvalue weighted by Gasteiger charge is 2.30. The Balaban J connectivity index is 2.11. The van der Waals surface area contributed by atoms with E-state index in [9.17, 15) is 9.59 Å². The Morgan fingerprint density at radius 3 is 2.65 bits per heavy atom.